The third-order valence-corrected chi connectivity index (χ3v) is 10.2. The van der Waals surface area contributed by atoms with Crippen molar-refractivity contribution in [2.24, 2.45) is 0 Å². The van der Waals surface area contributed by atoms with E-state index >= 15 is 0 Å². The molecule has 6 heteroatoms. The molecule has 0 bridgehead atoms. The minimum Gasteiger partial charge on any atom is -0.462 e. The number of unbranched alkanes of at least 4 members (excludes halogenated alkanes) is 22. The first kappa shape index (κ1) is 51.1. The van der Waals surface area contributed by atoms with Gasteiger partial charge in [0.1, 0.15) is 6.10 Å². The van der Waals surface area contributed by atoms with Crippen LogP contribution < -0.4 is 5.32 Å². The van der Waals surface area contributed by atoms with Gasteiger partial charge in [0.25, 0.3) is 0 Å². The van der Waals surface area contributed by atoms with Gasteiger partial charge in [-0.1, -0.05) is 173 Å². The van der Waals surface area contributed by atoms with E-state index in [9.17, 15) is 19.8 Å². The molecule has 0 fully saturated rings. The van der Waals surface area contributed by atoms with Crippen LogP contribution in [0.1, 0.15) is 226 Å². The van der Waals surface area contributed by atoms with E-state index in [4.69, 9.17) is 4.74 Å². The molecule has 0 aromatic rings. The van der Waals surface area contributed by atoms with Crippen LogP contribution in [0.25, 0.3) is 0 Å². The van der Waals surface area contributed by atoms with Crippen LogP contribution in [-0.2, 0) is 14.3 Å². The quantitative estimate of drug-likeness (QED) is 0.0330. The van der Waals surface area contributed by atoms with Gasteiger partial charge in [-0.05, 0) is 77.0 Å². The molecule has 0 aromatic carbocycles. The largest absolute Gasteiger partial charge is 0.462 e. The van der Waals surface area contributed by atoms with E-state index < -0.39 is 18.2 Å². The molecule has 310 valence electrons. The predicted molar refractivity (Wildman–Crippen MR) is 227 cm³/mol. The number of allylic oxidation sites excluding steroid dienone is 6. The van der Waals surface area contributed by atoms with Crippen molar-refractivity contribution in [1.29, 1.82) is 0 Å². The summed E-state index contributed by atoms with van der Waals surface area (Å²) in [4.78, 5) is 25.9. The number of hydrogen-bond donors (Lipinski definition) is 3. The molecule has 0 saturated heterocycles. The lowest BCUT2D eigenvalue weighted by atomic mass is 10.0. The maximum absolute atomic E-state index is 13.1. The molecule has 0 aromatic heterocycles. The third kappa shape index (κ3) is 36.8. The summed E-state index contributed by atoms with van der Waals surface area (Å²) >= 11 is 0. The molecule has 3 N–H and O–H groups in total. The number of carbonyl (C=O) groups is 2. The minimum atomic E-state index is -0.788. The SMILES string of the molecule is CC/C=C/C/C=C/CCCCCCCC(CC(=O)NC(CO)C(O)CCCCCCCCCCCC)OC(=O)CCCCCCC/C=C\CCCCC. The monoisotopic (exact) mass is 746 g/mol. The molecule has 0 aliphatic heterocycles. The highest BCUT2D eigenvalue weighted by molar-refractivity contribution is 5.77. The van der Waals surface area contributed by atoms with E-state index in [0.717, 1.165) is 83.5 Å². The maximum atomic E-state index is 13.1. The molecule has 0 heterocycles. The van der Waals surface area contributed by atoms with E-state index in [1.54, 1.807) is 0 Å². The number of nitrogens with one attached hydrogen (secondary N) is 1. The first-order valence-corrected chi connectivity index (χ1v) is 22.7. The van der Waals surface area contributed by atoms with E-state index in [2.05, 4.69) is 62.5 Å². The van der Waals surface area contributed by atoms with Crippen LogP contribution in [0.5, 0.6) is 0 Å². The van der Waals surface area contributed by atoms with Crippen LogP contribution in [-0.4, -0.2) is 46.9 Å². The Hall–Kier alpha value is -1.92. The van der Waals surface area contributed by atoms with Crippen LogP contribution in [0.3, 0.4) is 0 Å². The summed E-state index contributed by atoms with van der Waals surface area (Å²) in [5.41, 5.74) is 0. The zero-order valence-electron chi connectivity index (χ0n) is 35.1. The van der Waals surface area contributed by atoms with E-state index in [1.807, 2.05) is 0 Å². The number of hydrogen-bond acceptors (Lipinski definition) is 5. The number of carbonyl (C=O) groups excluding carboxylic acids is 2. The van der Waals surface area contributed by atoms with E-state index in [1.165, 1.54) is 96.3 Å². The molecule has 3 atom stereocenters. The van der Waals surface area contributed by atoms with Gasteiger partial charge in [-0.15, -0.1) is 0 Å². The lowest BCUT2D eigenvalue weighted by molar-refractivity contribution is -0.151. The minimum absolute atomic E-state index is 0.0659. The Bertz CT molecular complexity index is 884. The zero-order valence-corrected chi connectivity index (χ0v) is 35.1. The number of rotatable bonds is 40. The fourth-order valence-corrected chi connectivity index (χ4v) is 6.76. The Kier molecular flexibility index (Phi) is 39.8. The average molecular weight is 746 g/mol. The average Bonchev–Trinajstić information content (AvgIpc) is 3.15. The molecule has 0 rings (SSSR count). The highest BCUT2D eigenvalue weighted by Gasteiger charge is 2.24. The van der Waals surface area contributed by atoms with Crippen LogP contribution in [0.2, 0.25) is 0 Å². The molecule has 53 heavy (non-hydrogen) atoms. The molecule has 1 amide bonds. The number of ether oxygens (including phenoxy) is 1. The summed E-state index contributed by atoms with van der Waals surface area (Å²) in [6, 6.07) is -0.703. The van der Waals surface area contributed by atoms with Gasteiger partial charge in [0.2, 0.25) is 5.91 Å². The van der Waals surface area contributed by atoms with Crippen molar-refractivity contribution in [3.05, 3.63) is 36.5 Å². The Morgan fingerprint density at radius 1 is 0.566 bits per heavy atom. The van der Waals surface area contributed by atoms with Gasteiger partial charge < -0.3 is 20.3 Å². The summed E-state index contributed by atoms with van der Waals surface area (Å²) < 4.78 is 5.89. The standard InChI is InChI=1S/C47H87NO5/c1-4-7-10-13-16-19-22-24-26-29-32-35-38-43(53-47(52)40-37-34-31-28-25-23-20-17-14-11-8-5-2)41-46(51)48-44(42-49)45(50)39-36-33-30-27-21-18-15-12-9-6-3/h7,10,16-17,19-20,43-45,49-50H,4-6,8-9,11-15,18,21-42H2,1-3H3,(H,48,51)/b10-7+,19-16+,20-17-. The van der Waals surface area contributed by atoms with Crippen LogP contribution in [0.15, 0.2) is 36.5 Å². The molecular weight excluding hydrogens is 659 g/mol. The fourth-order valence-electron chi connectivity index (χ4n) is 6.76. The van der Waals surface area contributed by atoms with Crippen LogP contribution in [0, 0.1) is 0 Å². The zero-order chi connectivity index (χ0) is 38.9. The summed E-state index contributed by atoms with van der Waals surface area (Å²) in [7, 11) is 0. The molecule has 0 radical (unpaired) electrons. The van der Waals surface area contributed by atoms with Crippen molar-refractivity contribution in [2.45, 2.75) is 244 Å². The summed E-state index contributed by atoms with van der Waals surface area (Å²) in [6.45, 7) is 6.32. The van der Waals surface area contributed by atoms with E-state index in [0.29, 0.717) is 19.3 Å². The molecule has 6 nitrogen and oxygen atoms in total. The molecular formula is C47H87NO5. The molecule has 0 saturated carbocycles. The Morgan fingerprint density at radius 2 is 1.02 bits per heavy atom. The Balaban J connectivity index is 4.62. The summed E-state index contributed by atoms with van der Waals surface area (Å²) in [5.74, 6) is -0.498. The van der Waals surface area contributed by atoms with Crippen molar-refractivity contribution in [1.82, 2.24) is 5.32 Å². The fraction of sp³-hybridized carbons (Fsp3) is 0.830. The van der Waals surface area contributed by atoms with Gasteiger partial charge in [-0.3, -0.25) is 9.59 Å². The lowest BCUT2D eigenvalue weighted by Crippen LogP contribution is -2.46. The molecule has 3 unspecified atom stereocenters. The van der Waals surface area contributed by atoms with Crippen molar-refractivity contribution in [3.63, 3.8) is 0 Å². The van der Waals surface area contributed by atoms with Gasteiger partial charge in [0, 0.05) is 6.42 Å². The van der Waals surface area contributed by atoms with Gasteiger partial charge in [0.05, 0.1) is 25.2 Å². The van der Waals surface area contributed by atoms with Gasteiger partial charge >= 0.3 is 5.97 Å². The molecule has 0 spiro atoms. The second-order valence-corrected chi connectivity index (χ2v) is 15.4. The van der Waals surface area contributed by atoms with Crippen LogP contribution in [0.4, 0.5) is 0 Å². The Labute approximate surface area is 328 Å². The third-order valence-electron chi connectivity index (χ3n) is 10.2. The van der Waals surface area contributed by atoms with Crippen molar-refractivity contribution >= 4 is 11.9 Å². The number of esters is 1. The first-order chi connectivity index (χ1) is 26.0. The predicted octanol–water partition coefficient (Wildman–Crippen LogP) is 12.9. The summed E-state index contributed by atoms with van der Waals surface area (Å²) in [6.07, 6.45) is 46.3. The van der Waals surface area contributed by atoms with Crippen LogP contribution >= 0.6 is 0 Å². The molecule has 0 aliphatic carbocycles. The number of amides is 1. The van der Waals surface area contributed by atoms with Crippen molar-refractivity contribution in [2.75, 3.05) is 6.61 Å². The second-order valence-electron chi connectivity index (χ2n) is 15.4. The second kappa shape index (κ2) is 41.2. The van der Waals surface area contributed by atoms with Gasteiger partial charge in [-0.25, -0.2) is 0 Å². The maximum Gasteiger partial charge on any atom is 0.306 e. The normalized spacial score (nSPS) is 13.7. The topological polar surface area (TPSA) is 95.9 Å². The van der Waals surface area contributed by atoms with Crippen molar-refractivity contribution in [3.8, 4) is 0 Å². The highest BCUT2D eigenvalue weighted by Crippen LogP contribution is 2.17. The van der Waals surface area contributed by atoms with Gasteiger partial charge in [0.15, 0.2) is 0 Å². The first-order valence-electron chi connectivity index (χ1n) is 22.7. The Morgan fingerprint density at radius 3 is 1.58 bits per heavy atom. The van der Waals surface area contributed by atoms with E-state index in [-0.39, 0.29) is 24.9 Å². The summed E-state index contributed by atoms with van der Waals surface area (Å²) in [5, 5.41) is 23.6. The highest BCUT2D eigenvalue weighted by atomic mass is 16.5. The van der Waals surface area contributed by atoms with Crippen molar-refractivity contribution < 1.29 is 24.5 Å². The van der Waals surface area contributed by atoms with Gasteiger partial charge in [-0.2, -0.15) is 0 Å². The smallest absolute Gasteiger partial charge is 0.306 e. The molecule has 0 aliphatic rings. The number of aliphatic hydroxyl groups is 2. The number of aliphatic hydroxyl groups excluding tert-OH is 2. The lowest BCUT2D eigenvalue weighted by Gasteiger charge is -2.24.